The highest BCUT2D eigenvalue weighted by atomic mass is 16.4. The summed E-state index contributed by atoms with van der Waals surface area (Å²) in [7, 11) is 0. The first kappa shape index (κ1) is 16.3. The molecule has 3 amide bonds. The van der Waals surface area contributed by atoms with Crippen molar-refractivity contribution in [1.82, 2.24) is 10.2 Å². The van der Waals surface area contributed by atoms with Crippen molar-refractivity contribution in [2.24, 2.45) is 11.7 Å². The number of aliphatic carboxylic acids is 1. The zero-order chi connectivity index (χ0) is 15.0. The fourth-order valence-electron chi connectivity index (χ4n) is 2.52. The van der Waals surface area contributed by atoms with Crippen LogP contribution in [0.2, 0.25) is 0 Å². The van der Waals surface area contributed by atoms with Crippen LogP contribution in [-0.2, 0) is 9.59 Å². The number of hydrogen-bond acceptors (Lipinski definition) is 3. The summed E-state index contributed by atoms with van der Waals surface area (Å²) in [6.45, 7) is -0.419. The van der Waals surface area contributed by atoms with Crippen LogP contribution in [0.25, 0.3) is 0 Å². The molecule has 0 unspecified atom stereocenters. The van der Waals surface area contributed by atoms with Gasteiger partial charge in [-0.2, -0.15) is 0 Å². The Hall–Kier alpha value is -1.79. The number of carbonyl (C=O) groups excluding carboxylic acids is 2. The van der Waals surface area contributed by atoms with Crippen molar-refractivity contribution in [2.75, 3.05) is 19.6 Å². The molecule has 0 heterocycles. The lowest BCUT2D eigenvalue weighted by atomic mass is 9.87. The van der Waals surface area contributed by atoms with Crippen molar-refractivity contribution >= 4 is 17.9 Å². The molecule has 1 aliphatic carbocycles. The second-order valence-electron chi connectivity index (χ2n) is 5.24. The fourth-order valence-corrected chi connectivity index (χ4v) is 2.52. The van der Waals surface area contributed by atoms with Gasteiger partial charge in [0, 0.05) is 6.54 Å². The van der Waals surface area contributed by atoms with Gasteiger partial charge < -0.3 is 21.1 Å². The SMILES string of the molecule is NC(=O)CN(CC(=O)O)C(=O)NCCC1CCCCC1. The maximum atomic E-state index is 11.8. The Morgan fingerprint density at radius 2 is 1.80 bits per heavy atom. The summed E-state index contributed by atoms with van der Waals surface area (Å²) in [6, 6.07) is -0.554. The van der Waals surface area contributed by atoms with E-state index in [0.717, 1.165) is 11.3 Å². The Balaban J connectivity index is 2.32. The van der Waals surface area contributed by atoms with E-state index >= 15 is 0 Å². The van der Waals surface area contributed by atoms with Gasteiger partial charge in [0.25, 0.3) is 0 Å². The normalized spacial score (nSPS) is 15.6. The minimum absolute atomic E-state index is 0.387. The highest BCUT2D eigenvalue weighted by molar-refractivity contribution is 5.85. The number of carboxylic acid groups (broad SMARTS) is 1. The van der Waals surface area contributed by atoms with Crippen LogP contribution in [0.3, 0.4) is 0 Å². The molecular formula is C13H23N3O4. The third-order valence-electron chi connectivity index (χ3n) is 3.51. The number of carbonyl (C=O) groups is 3. The second-order valence-corrected chi connectivity index (χ2v) is 5.24. The van der Waals surface area contributed by atoms with Gasteiger partial charge in [-0.05, 0) is 12.3 Å². The summed E-state index contributed by atoms with van der Waals surface area (Å²) >= 11 is 0. The van der Waals surface area contributed by atoms with Gasteiger partial charge in [-0.15, -0.1) is 0 Å². The second kappa shape index (κ2) is 8.39. The number of hydrogen-bond donors (Lipinski definition) is 3. The number of primary amides is 1. The number of amides is 3. The largest absolute Gasteiger partial charge is 0.480 e. The molecule has 0 aliphatic heterocycles. The predicted octanol–water partition coefficient (Wildman–Crippen LogP) is 0.538. The van der Waals surface area contributed by atoms with Crippen molar-refractivity contribution in [3.63, 3.8) is 0 Å². The summed E-state index contributed by atoms with van der Waals surface area (Å²) in [5, 5.41) is 11.4. The average molecular weight is 285 g/mol. The lowest BCUT2D eigenvalue weighted by Gasteiger charge is -2.23. The molecule has 7 heteroatoms. The fraction of sp³-hybridized carbons (Fsp3) is 0.769. The van der Waals surface area contributed by atoms with Crippen LogP contribution in [0.15, 0.2) is 0 Å². The molecule has 1 rings (SSSR count). The van der Waals surface area contributed by atoms with Gasteiger partial charge in [0.1, 0.15) is 13.1 Å². The molecule has 0 aromatic carbocycles. The molecule has 1 saturated carbocycles. The quantitative estimate of drug-likeness (QED) is 0.633. The first-order valence-corrected chi connectivity index (χ1v) is 7.02. The molecule has 0 atom stereocenters. The minimum atomic E-state index is -1.17. The van der Waals surface area contributed by atoms with Gasteiger partial charge in [0.05, 0.1) is 0 Å². The lowest BCUT2D eigenvalue weighted by Crippen LogP contribution is -2.47. The van der Waals surface area contributed by atoms with Crippen molar-refractivity contribution in [2.45, 2.75) is 38.5 Å². The van der Waals surface area contributed by atoms with Crippen molar-refractivity contribution in [3.05, 3.63) is 0 Å². The number of carboxylic acids is 1. The van der Waals surface area contributed by atoms with E-state index in [-0.39, 0.29) is 6.54 Å². The Kier molecular flexibility index (Phi) is 6.83. The molecule has 0 aromatic heterocycles. The molecule has 1 fully saturated rings. The van der Waals surface area contributed by atoms with Crippen LogP contribution in [0.1, 0.15) is 38.5 Å². The molecule has 114 valence electrons. The molecule has 4 N–H and O–H groups in total. The van der Waals surface area contributed by atoms with Gasteiger partial charge in [0.2, 0.25) is 5.91 Å². The predicted molar refractivity (Wildman–Crippen MR) is 73.0 cm³/mol. The van der Waals surface area contributed by atoms with Gasteiger partial charge in [-0.3, -0.25) is 9.59 Å². The van der Waals surface area contributed by atoms with E-state index in [1.165, 1.54) is 32.1 Å². The molecule has 0 radical (unpaired) electrons. The topological polar surface area (TPSA) is 113 Å². The standard InChI is InChI=1S/C13H23N3O4/c14-11(17)8-16(9-12(18)19)13(20)15-7-6-10-4-2-1-3-5-10/h10H,1-9H2,(H2,14,17)(H,15,20)(H,18,19). The van der Waals surface area contributed by atoms with E-state index in [0.29, 0.717) is 12.5 Å². The molecule has 1 aliphatic rings. The van der Waals surface area contributed by atoms with Gasteiger partial charge in [-0.1, -0.05) is 32.1 Å². The molecule has 20 heavy (non-hydrogen) atoms. The summed E-state index contributed by atoms with van der Waals surface area (Å²) in [5.74, 6) is -1.27. The Bertz CT molecular complexity index is 338. The molecular weight excluding hydrogens is 262 g/mol. The van der Waals surface area contributed by atoms with Crippen molar-refractivity contribution in [3.8, 4) is 0 Å². The van der Waals surface area contributed by atoms with Crippen LogP contribution in [0.4, 0.5) is 4.79 Å². The first-order chi connectivity index (χ1) is 9.49. The molecule has 0 bridgehead atoms. The van der Waals surface area contributed by atoms with Crippen molar-refractivity contribution in [1.29, 1.82) is 0 Å². The summed E-state index contributed by atoms with van der Waals surface area (Å²) in [6.07, 6.45) is 7.04. The van der Waals surface area contributed by atoms with E-state index in [4.69, 9.17) is 10.8 Å². The maximum absolute atomic E-state index is 11.8. The Morgan fingerprint density at radius 1 is 1.15 bits per heavy atom. The smallest absolute Gasteiger partial charge is 0.323 e. The summed E-state index contributed by atoms with van der Waals surface area (Å²) < 4.78 is 0. The van der Waals surface area contributed by atoms with Gasteiger partial charge in [0.15, 0.2) is 0 Å². The maximum Gasteiger partial charge on any atom is 0.323 e. The van der Waals surface area contributed by atoms with Crippen LogP contribution in [0.5, 0.6) is 0 Å². The zero-order valence-electron chi connectivity index (χ0n) is 11.6. The molecule has 0 spiro atoms. The van der Waals surface area contributed by atoms with E-state index in [1.54, 1.807) is 0 Å². The summed E-state index contributed by atoms with van der Waals surface area (Å²) in [4.78, 5) is 34.2. The molecule has 7 nitrogen and oxygen atoms in total. The lowest BCUT2D eigenvalue weighted by molar-refractivity contribution is -0.137. The van der Waals surface area contributed by atoms with E-state index in [9.17, 15) is 14.4 Å². The third kappa shape index (κ3) is 6.40. The number of rotatable bonds is 7. The zero-order valence-corrected chi connectivity index (χ0v) is 11.6. The molecule has 0 saturated heterocycles. The van der Waals surface area contributed by atoms with E-state index < -0.39 is 24.5 Å². The number of urea groups is 1. The number of nitrogens with zero attached hydrogens (tertiary/aromatic N) is 1. The van der Waals surface area contributed by atoms with Crippen LogP contribution in [0, 0.1) is 5.92 Å². The van der Waals surface area contributed by atoms with Gasteiger partial charge >= 0.3 is 12.0 Å². The number of nitrogens with two attached hydrogens (primary N) is 1. The average Bonchev–Trinajstić information content (AvgIpc) is 2.38. The van der Waals surface area contributed by atoms with E-state index in [2.05, 4.69) is 5.32 Å². The highest BCUT2D eigenvalue weighted by Crippen LogP contribution is 2.25. The van der Waals surface area contributed by atoms with Crippen LogP contribution < -0.4 is 11.1 Å². The number of nitrogens with one attached hydrogen (secondary N) is 1. The van der Waals surface area contributed by atoms with Crippen LogP contribution in [-0.4, -0.2) is 47.5 Å². The van der Waals surface area contributed by atoms with Gasteiger partial charge in [-0.25, -0.2) is 4.79 Å². The van der Waals surface area contributed by atoms with Crippen LogP contribution >= 0.6 is 0 Å². The van der Waals surface area contributed by atoms with Crippen molar-refractivity contribution < 1.29 is 19.5 Å². The minimum Gasteiger partial charge on any atom is -0.480 e. The highest BCUT2D eigenvalue weighted by Gasteiger charge is 2.19. The molecule has 0 aromatic rings. The monoisotopic (exact) mass is 285 g/mol. The third-order valence-corrected chi connectivity index (χ3v) is 3.51. The Morgan fingerprint density at radius 3 is 2.35 bits per heavy atom. The first-order valence-electron chi connectivity index (χ1n) is 7.02. The Labute approximate surface area is 118 Å². The van der Waals surface area contributed by atoms with E-state index in [1.807, 2.05) is 0 Å². The summed E-state index contributed by atoms with van der Waals surface area (Å²) in [5.41, 5.74) is 5.00.